The fourth-order valence-corrected chi connectivity index (χ4v) is 9.11. The number of nitrogens with one attached hydrogen (secondary N) is 4. The van der Waals surface area contributed by atoms with Crippen LogP contribution in [-0.2, 0) is 33.9 Å². The second kappa shape index (κ2) is 14.6. The van der Waals surface area contributed by atoms with Gasteiger partial charge in [-0.3, -0.25) is 24.4 Å². The number of ether oxygens (including phenoxy) is 2. The summed E-state index contributed by atoms with van der Waals surface area (Å²) in [6.07, 6.45) is 3.39. The highest BCUT2D eigenvalue weighted by atomic mass is 32.2. The molecule has 4 aliphatic rings. The van der Waals surface area contributed by atoms with Crippen molar-refractivity contribution in [2.24, 2.45) is 5.92 Å². The summed E-state index contributed by atoms with van der Waals surface area (Å²) in [5.74, 6) is -2.29. The maximum atomic E-state index is 14.3. The van der Waals surface area contributed by atoms with E-state index in [1.165, 1.54) is 16.2 Å². The molecule has 2 saturated carbocycles. The predicted molar refractivity (Wildman–Crippen MR) is 188 cm³/mol. The molecule has 2 saturated heterocycles. The molecule has 4 N–H and O–H groups in total. The highest BCUT2D eigenvalue weighted by molar-refractivity contribution is 7.91. The quantitative estimate of drug-likeness (QED) is 0.336. The number of benzene rings is 1. The number of rotatable bonds is 6. The van der Waals surface area contributed by atoms with Gasteiger partial charge in [0.2, 0.25) is 21.8 Å². The first kappa shape index (κ1) is 36.8. The van der Waals surface area contributed by atoms with Gasteiger partial charge in [-0.25, -0.2) is 23.0 Å². The van der Waals surface area contributed by atoms with Gasteiger partial charge in [0.15, 0.2) is 5.13 Å². The van der Waals surface area contributed by atoms with Crippen LogP contribution in [0.25, 0.3) is 10.2 Å². The first-order chi connectivity index (χ1) is 24.1. The van der Waals surface area contributed by atoms with E-state index in [0.717, 1.165) is 30.4 Å². The van der Waals surface area contributed by atoms with Gasteiger partial charge in [-0.15, -0.1) is 0 Å². The number of amides is 5. The van der Waals surface area contributed by atoms with Gasteiger partial charge in [-0.05, 0) is 70.9 Å². The predicted octanol–water partition coefficient (Wildman–Crippen LogP) is 3.94. The highest BCUT2D eigenvalue weighted by Crippen LogP contribution is 2.48. The number of hydrogen-bond acceptors (Lipinski definition) is 11. The zero-order chi connectivity index (χ0) is 36.6. The van der Waals surface area contributed by atoms with E-state index in [-0.39, 0.29) is 25.3 Å². The van der Waals surface area contributed by atoms with Gasteiger partial charge in [0.25, 0.3) is 5.91 Å². The molecule has 5 atom stereocenters. The third kappa shape index (κ3) is 8.91. The van der Waals surface area contributed by atoms with Crippen LogP contribution in [-0.4, -0.2) is 89.3 Å². The zero-order valence-electron chi connectivity index (χ0n) is 29.1. The Morgan fingerprint density at radius 1 is 1.00 bits per heavy atom. The van der Waals surface area contributed by atoms with Crippen LogP contribution in [0, 0.1) is 5.92 Å². The highest BCUT2D eigenvalue weighted by Gasteiger charge is 2.62. The summed E-state index contributed by atoms with van der Waals surface area (Å²) >= 11 is 1.27. The number of aromatic nitrogens is 1. The molecule has 0 radical (unpaired) electrons. The summed E-state index contributed by atoms with van der Waals surface area (Å²) in [5, 5.41) is 7.85. The first-order valence-electron chi connectivity index (χ1n) is 17.6. The Morgan fingerprint density at radius 2 is 1.71 bits per heavy atom. The topological polar surface area (TPSA) is 202 Å². The number of anilines is 1. The SMILES string of the molecule is CC(C)(C)OC(=O)N[C@H]1CCCCCCC[C@@H]2C[C@@]2(C(=O)NS(=O)(=O)C2CC2)NC(=O)[C@@H]2C[C@@H](OC(=O)Nc3nc4ccccc4s3)CN2C1=O. The Balaban J connectivity index is 1.24. The van der Waals surface area contributed by atoms with Crippen molar-refractivity contribution >= 4 is 66.6 Å². The number of carbonyl (C=O) groups excluding carboxylic acids is 5. The van der Waals surface area contributed by atoms with Crippen LogP contribution in [0.15, 0.2) is 24.3 Å². The van der Waals surface area contributed by atoms with Gasteiger partial charge in [0, 0.05) is 6.42 Å². The molecule has 2 aliphatic carbocycles. The van der Waals surface area contributed by atoms with E-state index in [0.29, 0.717) is 42.8 Å². The second-order valence-electron chi connectivity index (χ2n) is 15.0. The van der Waals surface area contributed by atoms with Crippen LogP contribution in [0.4, 0.5) is 14.7 Å². The molecule has 51 heavy (non-hydrogen) atoms. The molecule has 3 heterocycles. The third-order valence-electron chi connectivity index (χ3n) is 9.71. The van der Waals surface area contributed by atoms with Gasteiger partial charge < -0.3 is 25.0 Å². The minimum Gasteiger partial charge on any atom is -0.444 e. The maximum absolute atomic E-state index is 14.3. The van der Waals surface area contributed by atoms with Crippen molar-refractivity contribution < 1.29 is 41.9 Å². The number of sulfonamides is 1. The molecule has 1 aromatic heterocycles. The summed E-state index contributed by atoms with van der Waals surface area (Å²) in [5.41, 5.74) is -1.57. The van der Waals surface area contributed by atoms with Crippen molar-refractivity contribution in [2.75, 3.05) is 11.9 Å². The summed E-state index contributed by atoms with van der Waals surface area (Å²) < 4.78 is 39.7. The minimum atomic E-state index is -3.88. The van der Waals surface area contributed by atoms with E-state index in [1.807, 2.05) is 24.3 Å². The van der Waals surface area contributed by atoms with Crippen molar-refractivity contribution in [2.45, 2.75) is 126 Å². The number of carbonyl (C=O) groups is 5. The van der Waals surface area contributed by atoms with Crippen molar-refractivity contribution in [3.63, 3.8) is 0 Å². The number of fused-ring (bicyclic) bond motifs is 3. The average Bonchev–Trinajstić information content (AvgIpc) is 3.93. The number of thiazole rings is 1. The van der Waals surface area contributed by atoms with E-state index < -0.39 is 74.5 Å². The van der Waals surface area contributed by atoms with E-state index in [9.17, 15) is 32.4 Å². The molecule has 4 fully saturated rings. The van der Waals surface area contributed by atoms with Gasteiger partial charge in [0.05, 0.1) is 22.0 Å². The number of hydrogen-bond donors (Lipinski definition) is 4. The summed E-state index contributed by atoms with van der Waals surface area (Å²) in [4.78, 5) is 73.6. The molecule has 0 unspecified atom stereocenters. The second-order valence-corrected chi connectivity index (χ2v) is 18.0. The van der Waals surface area contributed by atoms with Crippen molar-refractivity contribution in [3.05, 3.63) is 24.3 Å². The lowest BCUT2D eigenvalue weighted by Crippen LogP contribution is -2.58. The largest absolute Gasteiger partial charge is 0.444 e. The minimum absolute atomic E-state index is 0.0905. The average molecular weight is 747 g/mol. The number of alkyl carbamates (subject to hydrolysis) is 1. The molecule has 15 nitrogen and oxygen atoms in total. The standard InChI is InChI=1S/C34H46N6O9S2/c1-33(2,3)49-32(45)36-24-13-8-6-4-5-7-11-20-18-34(20,29(43)39-51(46,47)22-15-16-22)38-27(41)25-17-21(19-40(25)28(24)42)48-31(44)37-30-35-23-12-9-10-14-26(23)50-30/h9-10,12,14,20-22,24-25H,4-8,11,13,15-19H2,1-3H3,(H,36,45)(H,38,41)(H,39,43)(H,35,37,44)/t20-,21-,24+,25+,34-/m1/s1. The van der Waals surface area contributed by atoms with Gasteiger partial charge >= 0.3 is 12.2 Å². The molecule has 0 bridgehead atoms. The number of para-hydroxylation sites is 1. The van der Waals surface area contributed by atoms with Crippen LogP contribution in [0.3, 0.4) is 0 Å². The lowest BCUT2D eigenvalue weighted by molar-refractivity contribution is -0.141. The smallest absolute Gasteiger partial charge is 0.413 e. The van der Waals surface area contributed by atoms with Gasteiger partial charge in [-0.2, -0.15) is 0 Å². The van der Waals surface area contributed by atoms with Crippen LogP contribution >= 0.6 is 11.3 Å². The number of nitrogens with zero attached hydrogens (tertiary/aromatic N) is 2. The lowest BCUT2D eigenvalue weighted by Gasteiger charge is -2.30. The molecule has 17 heteroatoms. The Kier molecular flexibility index (Phi) is 10.5. The van der Waals surface area contributed by atoms with Crippen LogP contribution in [0.5, 0.6) is 0 Å². The Hall–Kier alpha value is -3.99. The molecule has 278 valence electrons. The third-order valence-corrected chi connectivity index (χ3v) is 12.5. The fourth-order valence-electron chi connectivity index (χ4n) is 6.90. The molecule has 1 aromatic carbocycles. The van der Waals surface area contributed by atoms with Crippen molar-refractivity contribution in [3.8, 4) is 0 Å². The van der Waals surface area contributed by atoms with Crippen LogP contribution < -0.4 is 20.7 Å². The zero-order valence-corrected chi connectivity index (χ0v) is 30.7. The molecule has 0 spiro atoms. The Morgan fingerprint density at radius 3 is 2.41 bits per heavy atom. The van der Waals surface area contributed by atoms with Gasteiger partial charge in [-0.1, -0.05) is 55.6 Å². The maximum Gasteiger partial charge on any atom is 0.413 e. The first-order valence-corrected chi connectivity index (χ1v) is 20.0. The van der Waals surface area contributed by atoms with Gasteiger partial charge in [0.1, 0.15) is 29.3 Å². The van der Waals surface area contributed by atoms with E-state index in [4.69, 9.17) is 9.47 Å². The molecule has 2 aliphatic heterocycles. The molecule has 5 amide bonds. The Labute approximate surface area is 301 Å². The lowest BCUT2D eigenvalue weighted by atomic mass is 10.0. The monoisotopic (exact) mass is 746 g/mol. The van der Waals surface area contributed by atoms with E-state index in [1.54, 1.807) is 20.8 Å². The van der Waals surface area contributed by atoms with E-state index in [2.05, 4.69) is 25.7 Å². The summed E-state index contributed by atoms with van der Waals surface area (Å²) in [7, 11) is -3.88. The van der Waals surface area contributed by atoms with Crippen LogP contribution in [0.2, 0.25) is 0 Å². The Bertz CT molecular complexity index is 1760. The molecule has 6 rings (SSSR count). The normalized spacial score (nSPS) is 27.5. The van der Waals surface area contributed by atoms with Crippen molar-refractivity contribution in [1.29, 1.82) is 0 Å². The van der Waals surface area contributed by atoms with Crippen LogP contribution in [0.1, 0.15) is 91.4 Å². The van der Waals surface area contributed by atoms with E-state index >= 15 is 0 Å². The summed E-state index contributed by atoms with van der Waals surface area (Å²) in [6, 6.07) is 5.16. The van der Waals surface area contributed by atoms with Crippen molar-refractivity contribution in [1.82, 2.24) is 25.2 Å². The molecular weight excluding hydrogens is 701 g/mol. The summed E-state index contributed by atoms with van der Waals surface area (Å²) in [6.45, 7) is 4.97. The fraction of sp³-hybridized carbons (Fsp3) is 0.647. The molecular formula is C34H46N6O9S2. The molecule has 2 aromatic rings.